The Morgan fingerprint density at radius 1 is 1.03 bits per heavy atom. The summed E-state index contributed by atoms with van der Waals surface area (Å²) in [6.45, 7) is 2.52. The lowest BCUT2D eigenvalue weighted by molar-refractivity contribution is 0.0600. The molecule has 0 aliphatic carbocycles. The molecule has 1 N–H and O–H groups in total. The van der Waals surface area contributed by atoms with Gasteiger partial charge in [-0.15, -0.1) is 0 Å². The summed E-state index contributed by atoms with van der Waals surface area (Å²) in [6, 6.07) is 15.5. The Bertz CT molecular complexity index is 1110. The monoisotopic (exact) mass is 429 g/mol. The van der Waals surface area contributed by atoms with Gasteiger partial charge in [0, 0.05) is 6.54 Å². The summed E-state index contributed by atoms with van der Waals surface area (Å²) in [5.41, 5.74) is 2.50. The molecule has 0 radical (unpaired) electrons. The highest BCUT2D eigenvalue weighted by atomic mass is 32.2. The van der Waals surface area contributed by atoms with Crippen LogP contribution in [0, 0.1) is 6.92 Å². The topological polar surface area (TPSA) is 94.8 Å². The normalized spacial score (nSPS) is 11.4. The Balaban J connectivity index is 1.62. The van der Waals surface area contributed by atoms with Crippen LogP contribution in [0.5, 0.6) is 0 Å². The van der Waals surface area contributed by atoms with E-state index in [2.05, 4.69) is 9.46 Å². The summed E-state index contributed by atoms with van der Waals surface area (Å²) in [5.74, 6) is 0.230. The van der Waals surface area contributed by atoms with Crippen LogP contribution in [-0.4, -0.2) is 21.5 Å². The number of rotatable bonds is 9. The van der Waals surface area contributed by atoms with Gasteiger partial charge in [-0.3, -0.25) is 0 Å². The Hall–Kier alpha value is -2.94. The molecule has 3 aromatic rings. The number of hydrogen-bond acceptors (Lipinski definition) is 6. The first-order valence-corrected chi connectivity index (χ1v) is 10.7. The molecule has 0 spiro atoms. The van der Waals surface area contributed by atoms with Crippen molar-refractivity contribution < 1.29 is 27.1 Å². The van der Waals surface area contributed by atoms with Crippen molar-refractivity contribution in [3.05, 3.63) is 88.9 Å². The van der Waals surface area contributed by atoms with E-state index in [4.69, 9.17) is 9.15 Å². The van der Waals surface area contributed by atoms with Gasteiger partial charge in [-0.1, -0.05) is 24.3 Å². The first-order valence-electron chi connectivity index (χ1n) is 9.25. The van der Waals surface area contributed by atoms with Crippen molar-refractivity contribution in [3.8, 4) is 0 Å². The van der Waals surface area contributed by atoms with Crippen LogP contribution in [0.3, 0.4) is 0 Å². The number of benzene rings is 2. The standard InChI is InChI=1S/C22H23NO6S/c1-16-11-19(22(24)27-2)8-9-21(16)30(25,26)23-13-17-5-3-6-18(12-17)14-28-15-20-7-4-10-29-20/h3-12,23H,13-15H2,1-2H3. The highest BCUT2D eigenvalue weighted by Gasteiger charge is 2.18. The molecule has 0 fully saturated rings. The van der Waals surface area contributed by atoms with E-state index in [0.717, 1.165) is 16.9 Å². The van der Waals surface area contributed by atoms with Gasteiger partial charge in [0.05, 0.1) is 30.4 Å². The van der Waals surface area contributed by atoms with E-state index in [1.807, 2.05) is 30.3 Å². The maximum atomic E-state index is 12.7. The van der Waals surface area contributed by atoms with Crippen molar-refractivity contribution >= 4 is 16.0 Å². The molecule has 0 atom stereocenters. The third-order valence-corrected chi connectivity index (χ3v) is 6.00. The Labute approximate surface area is 175 Å². The summed E-state index contributed by atoms with van der Waals surface area (Å²) in [5, 5.41) is 0. The van der Waals surface area contributed by atoms with Gasteiger partial charge in [-0.05, 0) is 53.9 Å². The van der Waals surface area contributed by atoms with Crippen LogP contribution in [0.2, 0.25) is 0 Å². The van der Waals surface area contributed by atoms with Crippen molar-refractivity contribution in [2.24, 2.45) is 0 Å². The average Bonchev–Trinajstić information content (AvgIpc) is 3.25. The van der Waals surface area contributed by atoms with Gasteiger partial charge in [0.15, 0.2) is 0 Å². The fraction of sp³-hybridized carbons (Fsp3) is 0.227. The molecule has 0 amide bonds. The fourth-order valence-electron chi connectivity index (χ4n) is 2.95. The highest BCUT2D eigenvalue weighted by Crippen LogP contribution is 2.18. The van der Waals surface area contributed by atoms with Crippen molar-refractivity contribution in [1.29, 1.82) is 0 Å². The molecule has 0 unspecified atom stereocenters. The summed E-state index contributed by atoms with van der Waals surface area (Å²) < 4.78 is 43.5. The highest BCUT2D eigenvalue weighted by molar-refractivity contribution is 7.89. The number of sulfonamides is 1. The minimum atomic E-state index is -3.74. The van der Waals surface area contributed by atoms with Crippen LogP contribution in [-0.2, 0) is 39.3 Å². The van der Waals surface area contributed by atoms with Crippen LogP contribution < -0.4 is 4.72 Å². The van der Waals surface area contributed by atoms with Gasteiger partial charge in [-0.25, -0.2) is 17.9 Å². The summed E-state index contributed by atoms with van der Waals surface area (Å²) in [7, 11) is -2.47. The molecule has 0 saturated heterocycles. The zero-order valence-electron chi connectivity index (χ0n) is 16.8. The van der Waals surface area contributed by atoms with Crippen molar-refractivity contribution in [2.75, 3.05) is 7.11 Å². The first kappa shape index (κ1) is 21.8. The molecule has 8 heteroatoms. The summed E-state index contributed by atoms with van der Waals surface area (Å²) >= 11 is 0. The van der Waals surface area contributed by atoms with E-state index in [-0.39, 0.29) is 11.4 Å². The second-order valence-electron chi connectivity index (χ2n) is 6.69. The van der Waals surface area contributed by atoms with E-state index in [0.29, 0.717) is 24.3 Å². The van der Waals surface area contributed by atoms with E-state index >= 15 is 0 Å². The Morgan fingerprint density at radius 3 is 2.53 bits per heavy atom. The number of carbonyl (C=O) groups excluding carboxylic acids is 1. The number of furan rings is 1. The minimum absolute atomic E-state index is 0.119. The van der Waals surface area contributed by atoms with Crippen LogP contribution >= 0.6 is 0 Å². The third kappa shape index (κ3) is 5.56. The fourth-order valence-corrected chi connectivity index (χ4v) is 4.19. The Morgan fingerprint density at radius 2 is 1.83 bits per heavy atom. The number of methoxy groups -OCH3 is 1. The van der Waals surface area contributed by atoms with Gasteiger partial charge in [-0.2, -0.15) is 0 Å². The second kappa shape index (κ2) is 9.71. The van der Waals surface area contributed by atoms with Gasteiger partial charge < -0.3 is 13.9 Å². The molecule has 0 saturated carbocycles. The predicted molar refractivity (Wildman–Crippen MR) is 110 cm³/mol. The Kier molecular flexibility index (Phi) is 7.04. The van der Waals surface area contributed by atoms with E-state index < -0.39 is 16.0 Å². The van der Waals surface area contributed by atoms with Crippen molar-refractivity contribution in [1.82, 2.24) is 4.72 Å². The van der Waals surface area contributed by atoms with Gasteiger partial charge in [0.25, 0.3) is 0 Å². The van der Waals surface area contributed by atoms with E-state index in [9.17, 15) is 13.2 Å². The third-order valence-electron chi connectivity index (χ3n) is 4.44. The van der Waals surface area contributed by atoms with Crippen LogP contribution in [0.4, 0.5) is 0 Å². The number of nitrogens with one attached hydrogen (secondary N) is 1. The molecule has 7 nitrogen and oxygen atoms in total. The molecular formula is C22H23NO6S. The maximum absolute atomic E-state index is 12.7. The van der Waals surface area contributed by atoms with Crippen LogP contribution in [0.25, 0.3) is 0 Å². The number of hydrogen-bond donors (Lipinski definition) is 1. The number of carbonyl (C=O) groups is 1. The van der Waals surface area contributed by atoms with Gasteiger partial charge in [0.2, 0.25) is 10.0 Å². The SMILES string of the molecule is COC(=O)c1ccc(S(=O)(=O)NCc2cccc(COCc3ccco3)c2)c(C)c1. The van der Waals surface area contributed by atoms with Crippen LogP contribution in [0.15, 0.2) is 70.2 Å². The minimum Gasteiger partial charge on any atom is -0.467 e. The second-order valence-corrected chi connectivity index (χ2v) is 8.42. The molecule has 1 heterocycles. The molecule has 30 heavy (non-hydrogen) atoms. The molecule has 0 aliphatic rings. The lowest BCUT2D eigenvalue weighted by Crippen LogP contribution is -2.24. The molecule has 1 aromatic heterocycles. The number of esters is 1. The van der Waals surface area contributed by atoms with Crippen LogP contribution in [0.1, 0.15) is 32.8 Å². The first-order chi connectivity index (χ1) is 14.4. The van der Waals surface area contributed by atoms with Gasteiger partial charge in [0.1, 0.15) is 12.4 Å². The summed E-state index contributed by atoms with van der Waals surface area (Å²) in [4.78, 5) is 11.7. The summed E-state index contributed by atoms with van der Waals surface area (Å²) in [6.07, 6.45) is 1.59. The molecule has 2 aromatic carbocycles. The van der Waals surface area contributed by atoms with Gasteiger partial charge >= 0.3 is 5.97 Å². The average molecular weight is 429 g/mol. The molecule has 158 valence electrons. The maximum Gasteiger partial charge on any atom is 0.337 e. The molecule has 0 bridgehead atoms. The smallest absolute Gasteiger partial charge is 0.337 e. The lowest BCUT2D eigenvalue weighted by Gasteiger charge is -2.11. The molecule has 3 rings (SSSR count). The quantitative estimate of drug-likeness (QED) is 0.523. The number of ether oxygens (including phenoxy) is 2. The zero-order chi connectivity index (χ0) is 21.6. The molecular weight excluding hydrogens is 406 g/mol. The lowest BCUT2D eigenvalue weighted by atomic mass is 10.1. The van der Waals surface area contributed by atoms with Crippen molar-refractivity contribution in [2.45, 2.75) is 31.6 Å². The van der Waals surface area contributed by atoms with Crippen molar-refractivity contribution in [3.63, 3.8) is 0 Å². The van der Waals surface area contributed by atoms with E-state index in [1.54, 1.807) is 19.3 Å². The largest absolute Gasteiger partial charge is 0.467 e. The van der Waals surface area contributed by atoms with E-state index in [1.165, 1.54) is 25.3 Å². The number of aryl methyl sites for hydroxylation is 1. The predicted octanol–water partition coefficient (Wildman–Crippen LogP) is 3.57. The zero-order valence-corrected chi connectivity index (χ0v) is 17.6. The molecule has 0 aliphatic heterocycles.